The molecule has 0 saturated heterocycles. The van der Waals surface area contributed by atoms with E-state index in [1.165, 1.54) is 0 Å². The Morgan fingerprint density at radius 1 is 0.778 bits per heavy atom. The summed E-state index contributed by atoms with van der Waals surface area (Å²) in [6, 6.07) is 0. The van der Waals surface area contributed by atoms with Gasteiger partial charge in [0.05, 0.1) is 0 Å². The summed E-state index contributed by atoms with van der Waals surface area (Å²) in [6.07, 6.45) is 0.975. The Hall–Kier alpha value is -1.14. The minimum Gasteiger partial charge on any atom is -0.354 e. The van der Waals surface area contributed by atoms with Gasteiger partial charge in [-0.25, -0.2) is 0 Å². The quantitative estimate of drug-likeness (QED) is 0.527. The van der Waals surface area contributed by atoms with Crippen LogP contribution in [0.25, 0.3) is 0 Å². The molecule has 6 heteroatoms. The maximum absolute atomic E-state index is 11.4. The standard InChI is InChI=1S/C12H26N4O2/c1-15(2)9-5-11(17)13-7-8-14-12(18)6-10-16(3)4/h5-10H2,1-4H3,(H,13,17)(H,14,18). The summed E-state index contributed by atoms with van der Waals surface area (Å²) in [5.41, 5.74) is 0. The summed E-state index contributed by atoms with van der Waals surface area (Å²) in [5.74, 6) is 0.0393. The number of nitrogens with one attached hydrogen (secondary N) is 2. The van der Waals surface area contributed by atoms with E-state index in [9.17, 15) is 9.59 Å². The molecule has 106 valence electrons. The van der Waals surface area contributed by atoms with E-state index in [2.05, 4.69) is 10.6 Å². The van der Waals surface area contributed by atoms with Crippen LogP contribution in [0.4, 0.5) is 0 Å². The topological polar surface area (TPSA) is 64.7 Å². The fraction of sp³-hybridized carbons (Fsp3) is 0.833. The second-order valence-electron chi connectivity index (χ2n) is 4.81. The SMILES string of the molecule is CN(C)CCC(=O)NCCNC(=O)CCN(C)C. The van der Waals surface area contributed by atoms with Gasteiger partial charge in [-0.2, -0.15) is 0 Å². The summed E-state index contributed by atoms with van der Waals surface area (Å²) < 4.78 is 0. The second kappa shape index (κ2) is 9.85. The molecule has 0 aliphatic heterocycles. The van der Waals surface area contributed by atoms with Crippen LogP contribution in [0.5, 0.6) is 0 Å². The number of nitrogens with zero attached hydrogens (tertiary/aromatic N) is 2. The third-order valence-corrected chi connectivity index (χ3v) is 2.34. The van der Waals surface area contributed by atoms with E-state index in [0.717, 1.165) is 13.1 Å². The Kier molecular flexibility index (Phi) is 9.22. The molecule has 18 heavy (non-hydrogen) atoms. The van der Waals surface area contributed by atoms with E-state index in [0.29, 0.717) is 25.9 Å². The van der Waals surface area contributed by atoms with E-state index in [-0.39, 0.29) is 11.8 Å². The molecule has 0 aromatic carbocycles. The lowest BCUT2D eigenvalue weighted by Gasteiger charge is -2.11. The Morgan fingerprint density at radius 2 is 1.11 bits per heavy atom. The predicted molar refractivity (Wildman–Crippen MR) is 72.4 cm³/mol. The minimum absolute atomic E-state index is 0.0197. The zero-order valence-corrected chi connectivity index (χ0v) is 12.0. The number of carbonyl (C=O) groups is 2. The van der Waals surface area contributed by atoms with Crippen LogP contribution in [-0.4, -0.2) is 76.0 Å². The zero-order valence-electron chi connectivity index (χ0n) is 12.0. The van der Waals surface area contributed by atoms with Crippen molar-refractivity contribution in [2.45, 2.75) is 12.8 Å². The molecule has 0 aliphatic carbocycles. The number of carbonyl (C=O) groups excluding carboxylic acids is 2. The largest absolute Gasteiger partial charge is 0.354 e. The van der Waals surface area contributed by atoms with E-state index in [1.807, 2.05) is 38.0 Å². The average Bonchev–Trinajstić information content (AvgIpc) is 2.29. The van der Waals surface area contributed by atoms with Crippen molar-refractivity contribution in [3.63, 3.8) is 0 Å². The molecule has 0 unspecified atom stereocenters. The summed E-state index contributed by atoms with van der Waals surface area (Å²) in [5, 5.41) is 5.54. The van der Waals surface area contributed by atoms with Crippen molar-refractivity contribution in [1.29, 1.82) is 0 Å². The van der Waals surface area contributed by atoms with Gasteiger partial charge < -0.3 is 20.4 Å². The van der Waals surface area contributed by atoms with Crippen LogP contribution in [-0.2, 0) is 9.59 Å². The number of hydrogen-bond donors (Lipinski definition) is 2. The Balaban J connectivity index is 3.44. The molecular weight excluding hydrogens is 232 g/mol. The van der Waals surface area contributed by atoms with Gasteiger partial charge in [-0.05, 0) is 28.2 Å². The van der Waals surface area contributed by atoms with E-state index < -0.39 is 0 Å². The average molecular weight is 258 g/mol. The van der Waals surface area contributed by atoms with Crippen LogP contribution in [0.3, 0.4) is 0 Å². The first-order valence-corrected chi connectivity index (χ1v) is 6.24. The summed E-state index contributed by atoms with van der Waals surface area (Å²) in [6.45, 7) is 2.45. The van der Waals surface area contributed by atoms with Crippen LogP contribution in [0, 0.1) is 0 Å². The highest BCUT2D eigenvalue weighted by atomic mass is 16.2. The third-order valence-electron chi connectivity index (χ3n) is 2.34. The molecule has 0 fully saturated rings. The fourth-order valence-electron chi connectivity index (χ4n) is 1.23. The van der Waals surface area contributed by atoms with Gasteiger partial charge in [0.1, 0.15) is 0 Å². The van der Waals surface area contributed by atoms with Crippen molar-refractivity contribution in [3.05, 3.63) is 0 Å². The van der Waals surface area contributed by atoms with Crippen molar-refractivity contribution < 1.29 is 9.59 Å². The van der Waals surface area contributed by atoms with Crippen LogP contribution in [0.1, 0.15) is 12.8 Å². The Morgan fingerprint density at radius 3 is 1.39 bits per heavy atom. The molecule has 0 aromatic heterocycles. The van der Waals surface area contributed by atoms with E-state index in [4.69, 9.17) is 0 Å². The highest BCUT2D eigenvalue weighted by molar-refractivity contribution is 5.77. The van der Waals surface area contributed by atoms with Gasteiger partial charge in [-0.1, -0.05) is 0 Å². The maximum atomic E-state index is 11.4. The third kappa shape index (κ3) is 11.3. The lowest BCUT2D eigenvalue weighted by atomic mass is 10.3. The monoisotopic (exact) mass is 258 g/mol. The van der Waals surface area contributed by atoms with Crippen LogP contribution in [0.2, 0.25) is 0 Å². The van der Waals surface area contributed by atoms with Crippen LogP contribution < -0.4 is 10.6 Å². The van der Waals surface area contributed by atoms with Gasteiger partial charge in [-0.15, -0.1) is 0 Å². The molecule has 0 heterocycles. The first-order chi connectivity index (χ1) is 8.41. The normalized spacial score (nSPS) is 10.8. The highest BCUT2D eigenvalue weighted by Gasteiger charge is 2.03. The smallest absolute Gasteiger partial charge is 0.221 e. The van der Waals surface area contributed by atoms with Crippen molar-refractivity contribution in [2.24, 2.45) is 0 Å². The molecule has 0 aliphatic rings. The highest BCUT2D eigenvalue weighted by Crippen LogP contribution is 1.84. The lowest BCUT2D eigenvalue weighted by molar-refractivity contribution is -0.123. The number of amides is 2. The van der Waals surface area contributed by atoms with E-state index in [1.54, 1.807) is 0 Å². The van der Waals surface area contributed by atoms with Crippen LogP contribution in [0.15, 0.2) is 0 Å². The summed E-state index contributed by atoms with van der Waals surface area (Å²) in [7, 11) is 7.72. The molecule has 6 nitrogen and oxygen atoms in total. The first kappa shape index (κ1) is 16.9. The summed E-state index contributed by atoms with van der Waals surface area (Å²) >= 11 is 0. The van der Waals surface area contributed by atoms with Gasteiger partial charge in [0, 0.05) is 39.0 Å². The Bertz CT molecular complexity index is 228. The fourth-order valence-corrected chi connectivity index (χ4v) is 1.23. The maximum Gasteiger partial charge on any atom is 0.221 e. The molecule has 0 bridgehead atoms. The predicted octanol–water partition coefficient (Wildman–Crippen LogP) is -0.878. The molecule has 0 rings (SSSR count). The van der Waals surface area contributed by atoms with Crippen LogP contribution >= 0.6 is 0 Å². The first-order valence-electron chi connectivity index (χ1n) is 6.24. The van der Waals surface area contributed by atoms with E-state index >= 15 is 0 Å². The molecule has 2 N–H and O–H groups in total. The molecule has 0 aromatic rings. The van der Waals surface area contributed by atoms with Gasteiger partial charge >= 0.3 is 0 Å². The van der Waals surface area contributed by atoms with Gasteiger partial charge in [0.15, 0.2) is 0 Å². The second-order valence-corrected chi connectivity index (χ2v) is 4.81. The summed E-state index contributed by atoms with van der Waals surface area (Å²) in [4.78, 5) is 26.6. The molecule has 0 spiro atoms. The molecular formula is C12H26N4O2. The van der Waals surface area contributed by atoms with Crippen molar-refractivity contribution in [2.75, 3.05) is 54.4 Å². The molecule has 2 amide bonds. The molecule has 0 atom stereocenters. The molecule has 0 radical (unpaired) electrons. The van der Waals surface area contributed by atoms with Gasteiger partial charge in [0.2, 0.25) is 11.8 Å². The Labute approximate surface area is 110 Å². The lowest BCUT2D eigenvalue weighted by Crippen LogP contribution is -2.36. The number of rotatable bonds is 9. The van der Waals surface area contributed by atoms with Gasteiger partial charge in [-0.3, -0.25) is 9.59 Å². The minimum atomic E-state index is 0.0197. The van der Waals surface area contributed by atoms with Gasteiger partial charge in [0.25, 0.3) is 0 Å². The zero-order chi connectivity index (χ0) is 14.0. The van der Waals surface area contributed by atoms with Crippen molar-refractivity contribution in [1.82, 2.24) is 20.4 Å². The number of hydrogen-bond acceptors (Lipinski definition) is 4. The molecule has 0 saturated carbocycles. The van der Waals surface area contributed by atoms with Crippen molar-refractivity contribution >= 4 is 11.8 Å². The van der Waals surface area contributed by atoms with Crippen molar-refractivity contribution in [3.8, 4) is 0 Å².